The number of rotatable bonds is 6. The van der Waals surface area contributed by atoms with Gasteiger partial charge in [0, 0.05) is 13.0 Å². The number of likely N-dealkylation sites (N-methyl/N-ethyl adjacent to an activating group) is 1. The van der Waals surface area contributed by atoms with Gasteiger partial charge in [-0.2, -0.15) is 0 Å². The average molecular weight is 437 g/mol. The highest BCUT2D eigenvalue weighted by Gasteiger charge is 2.33. The van der Waals surface area contributed by atoms with Gasteiger partial charge >= 0.3 is 0 Å². The molecular formula is C20H26N3O4S2+. The number of nitrogens with zero attached hydrogens (tertiary/aromatic N) is 2. The van der Waals surface area contributed by atoms with Crippen LogP contribution in [-0.4, -0.2) is 79.9 Å². The lowest BCUT2D eigenvalue weighted by Gasteiger charge is -2.30. The average Bonchev–Trinajstić information content (AvgIpc) is 2.99. The Balaban J connectivity index is 1.63. The molecule has 0 radical (unpaired) electrons. The molecule has 2 aliphatic heterocycles. The Hall–Kier alpha value is -2.10. The van der Waals surface area contributed by atoms with E-state index < -0.39 is 0 Å². The number of quaternary nitrogens is 1. The summed E-state index contributed by atoms with van der Waals surface area (Å²) in [7, 11) is 5.28. The zero-order chi connectivity index (χ0) is 21.0. The third kappa shape index (κ3) is 5.09. The van der Waals surface area contributed by atoms with Gasteiger partial charge in [0.1, 0.15) is 4.32 Å². The number of thiocarbonyl (C=S) groups is 1. The van der Waals surface area contributed by atoms with Crippen LogP contribution < -0.4 is 14.4 Å². The van der Waals surface area contributed by atoms with E-state index in [1.54, 1.807) is 26.4 Å². The Bertz CT molecular complexity index is 835. The lowest BCUT2D eigenvalue weighted by molar-refractivity contribution is -0.883. The Kier molecular flexibility index (Phi) is 7.15. The number of nitrogens with one attached hydrogen (secondary N) is 1. The van der Waals surface area contributed by atoms with E-state index in [9.17, 15) is 9.59 Å². The van der Waals surface area contributed by atoms with E-state index in [0.717, 1.165) is 31.7 Å². The minimum atomic E-state index is -0.162. The fourth-order valence-electron chi connectivity index (χ4n) is 3.29. The van der Waals surface area contributed by atoms with Crippen LogP contribution in [0.25, 0.3) is 6.08 Å². The van der Waals surface area contributed by atoms with E-state index >= 15 is 0 Å². The third-order valence-electron chi connectivity index (χ3n) is 5.10. The van der Waals surface area contributed by atoms with Crippen LogP contribution in [0.2, 0.25) is 0 Å². The number of ether oxygens (including phenoxy) is 2. The van der Waals surface area contributed by atoms with E-state index in [1.165, 1.54) is 21.6 Å². The van der Waals surface area contributed by atoms with Crippen molar-refractivity contribution in [3.63, 3.8) is 0 Å². The van der Waals surface area contributed by atoms with Crippen LogP contribution in [0.15, 0.2) is 23.1 Å². The van der Waals surface area contributed by atoms with Crippen molar-refractivity contribution in [1.82, 2.24) is 9.80 Å². The number of benzene rings is 1. The van der Waals surface area contributed by atoms with Crippen LogP contribution >= 0.6 is 24.0 Å². The van der Waals surface area contributed by atoms with Gasteiger partial charge < -0.3 is 19.3 Å². The molecule has 9 heteroatoms. The molecule has 0 spiro atoms. The summed E-state index contributed by atoms with van der Waals surface area (Å²) in [5, 5.41) is 0. The first kappa shape index (κ1) is 21.6. The zero-order valence-electron chi connectivity index (χ0n) is 16.9. The number of hydrogen-bond acceptors (Lipinski definition) is 6. The first-order valence-electron chi connectivity index (χ1n) is 9.49. The predicted molar refractivity (Wildman–Crippen MR) is 117 cm³/mol. The lowest BCUT2D eigenvalue weighted by atomic mass is 10.2. The maximum absolute atomic E-state index is 12.8. The molecule has 1 aromatic carbocycles. The normalized spacial score (nSPS) is 19.2. The highest BCUT2D eigenvalue weighted by atomic mass is 32.2. The molecule has 2 saturated heterocycles. The quantitative estimate of drug-likeness (QED) is 0.522. The molecule has 7 nitrogen and oxygen atoms in total. The van der Waals surface area contributed by atoms with E-state index in [2.05, 4.69) is 7.05 Å². The molecule has 2 aliphatic rings. The largest absolute Gasteiger partial charge is 0.493 e. The van der Waals surface area contributed by atoms with Crippen molar-refractivity contribution in [2.24, 2.45) is 0 Å². The van der Waals surface area contributed by atoms with Gasteiger partial charge in [0.25, 0.3) is 5.91 Å². The number of amides is 2. The van der Waals surface area contributed by atoms with Crippen molar-refractivity contribution in [1.29, 1.82) is 0 Å². The summed E-state index contributed by atoms with van der Waals surface area (Å²) in [6.45, 7) is 3.76. The summed E-state index contributed by atoms with van der Waals surface area (Å²) in [5.41, 5.74) is 0.819. The Morgan fingerprint density at radius 2 is 1.93 bits per heavy atom. The Morgan fingerprint density at radius 1 is 1.24 bits per heavy atom. The number of thioether (sulfide) groups is 1. The van der Waals surface area contributed by atoms with Crippen molar-refractivity contribution in [3.05, 3.63) is 28.7 Å². The second-order valence-corrected chi connectivity index (χ2v) is 8.71. The summed E-state index contributed by atoms with van der Waals surface area (Å²) < 4.78 is 11.0. The molecule has 1 aromatic rings. The summed E-state index contributed by atoms with van der Waals surface area (Å²) in [6, 6.07) is 5.46. The standard InChI is InChI=1S/C20H25N3O4S2/c1-21-8-10-22(11-9-21)18(24)6-7-23-19(25)17(29-20(23)28)13-14-4-5-15(26-2)16(12-14)27-3/h4-5,12-13H,6-11H2,1-3H3/p+1/b17-13-. The molecule has 2 amide bonds. The third-order valence-corrected chi connectivity index (χ3v) is 6.48. The minimum absolute atomic E-state index is 0.0791. The molecule has 1 N–H and O–H groups in total. The molecule has 0 saturated carbocycles. The SMILES string of the molecule is COc1ccc(/C=C2\SC(=S)N(CCC(=O)N3CC[NH+](C)CC3)C2=O)cc1OC. The number of carbonyl (C=O) groups excluding carboxylic acids is 2. The number of hydrogen-bond donors (Lipinski definition) is 1. The van der Waals surface area contributed by atoms with Crippen molar-refractivity contribution in [2.45, 2.75) is 6.42 Å². The minimum Gasteiger partial charge on any atom is -0.493 e. The van der Waals surface area contributed by atoms with Gasteiger partial charge in [-0.1, -0.05) is 30.0 Å². The van der Waals surface area contributed by atoms with Gasteiger partial charge in [0.2, 0.25) is 5.91 Å². The van der Waals surface area contributed by atoms with Gasteiger partial charge in [-0.05, 0) is 23.8 Å². The second kappa shape index (κ2) is 9.60. The van der Waals surface area contributed by atoms with Gasteiger partial charge in [0.05, 0.1) is 52.4 Å². The molecular weight excluding hydrogens is 410 g/mol. The van der Waals surface area contributed by atoms with Crippen LogP contribution in [0.5, 0.6) is 11.5 Å². The summed E-state index contributed by atoms with van der Waals surface area (Å²) in [4.78, 5) is 30.6. The van der Waals surface area contributed by atoms with Crippen molar-refractivity contribution in [3.8, 4) is 11.5 Å². The van der Waals surface area contributed by atoms with Crippen molar-refractivity contribution in [2.75, 3.05) is 54.0 Å². The van der Waals surface area contributed by atoms with Gasteiger partial charge in [-0.25, -0.2) is 0 Å². The molecule has 156 valence electrons. The highest BCUT2D eigenvalue weighted by molar-refractivity contribution is 8.26. The predicted octanol–water partition coefficient (Wildman–Crippen LogP) is 0.652. The fraction of sp³-hybridized carbons (Fsp3) is 0.450. The second-order valence-electron chi connectivity index (χ2n) is 7.04. The van der Waals surface area contributed by atoms with E-state index in [0.29, 0.717) is 27.3 Å². The molecule has 0 aromatic heterocycles. The molecule has 29 heavy (non-hydrogen) atoms. The Morgan fingerprint density at radius 3 is 2.59 bits per heavy atom. The maximum Gasteiger partial charge on any atom is 0.266 e. The molecule has 0 atom stereocenters. The fourth-order valence-corrected chi connectivity index (χ4v) is 4.60. The highest BCUT2D eigenvalue weighted by Crippen LogP contribution is 2.34. The molecule has 0 aliphatic carbocycles. The van der Waals surface area contributed by atoms with Crippen LogP contribution in [0, 0.1) is 0 Å². The number of piperazine rings is 1. The lowest BCUT2D eigenvalue weighted by Crippen LogP contribution is -3.12. The topological polar surface area (TPSA) is 63.5 Å². The van der Waals surface area contributed by atoms with E-state index in [4.69, 9.17) is 21.7 Å². The number of carbonyl (C=O) groups is 2. The van der Waals surface area contributed by atoms with Crippen LogP contribution in [0.3, 0.4) is 0 Å². The van der Waals surface area contributed by atoms with Crippen LogP contribution in [-0.2, 0) is 9.59 Å². The summed E-state index contributed by atoms with van der Waals surface area (Å²) in [5.74, 6) is 1.14. The van der Waals surface area contributed by atoms with E-state index in [1.807, 2.05) is 17.0 Å². The van der Waals surface area contributed by atoms with Gasteiger partial charge in [0.15, 0.2) is 11.5 Å². The number of methoxy groups -OCH3 is 2. The summed E-state index contributed by atoms with van der Waals surface area (Å²) in [6.07, 6.45) is 2.07. The monoisotopic (exact) mass is 436 g/mol. The van der Waals surface area contributed by atoms with Gasteiger partial charge in [-0.15, -0.1) is 0 Å². The maximum atomic E-state index is 12.8. The first-order valence-corrected chi connectivity index (χ1v) is 10.7. The van der Waals surface area contributed by atoms with Crippen LogP contribution in [0.4, 0.5) is 0 Å². The molecule has 2 heterocycles. The molecule has 2 fully saturated rings. The molecule has 3 rings (SSSR count). The van der Waals surface area contributed by atoms with Crippen molar-refractivity contribution >= 4 is 46.2 Å². The molecule has 0 bridgehead atoms. The molecule has 0 unspecified atom stereocenters. The van der Waals surface area contributed by atoms with E-state index in [-0.39, 0.29) is 18.2 Å². The first-order chi connectivity index (χ1) is 13.9. The summed E-state index contributed by atoms with van der Waals surface area (Å²) >= 11 is 6.63. The smallest absolute Gasteiger partial charge is 0.266 e. The Labute approximate surface area is 180 Å². The van der Waals surface area contributed by atoms with Crippen LogP contribution in [0.1, 0.15) is 12.0 Å². The van der Waals surface area contributed by atoms with Crippen molar-refractivity contribution < 1.29 is 24.0 Å². The van der Waals surface area contributed by atoms with Gasteiger partial charge in [-0.3, -0.25) is 14.5 Å². The zero-order valence-corrected chi connectivity index (χ0v) is 18.5.